The van der Waals surface area contributed by atoms with E-state index in [1.807, 2.05) is 0 Å². The number of nitrogens with one attached hydrogen (secondary N) is 2. The first-order chi connectivity index (χ1) is 7.27. The SMILES string of the molecule is O=c1[nH]ncc(NC2CCCCC2)c1Br. The molecule has 1 saturated carbocycles. The van der Waals surface area contributed by atoms with Gasteiger partial charge in [-0.05, 0) is 28.8 Å². The first-order valence-corrected chi connectivity index (χ1v) is 6.06. The molecule has 0 radical (unpaired) electrons. The van der Waals surface area contributed by atoms with Crippen LogP contribution in [0.2, 0.25) is 0 Å². The summed E-state index contributed by atoms with van der Waals surface area (Å²) >= 11 is 3.26. The Balaban J connectivity index is 2.09. The van der Waals surface area contributed by atoms with Crippen LogP contribution in [0.15, 0.2) is 15.5 Å². The van der Waals surface area contributed by atoms with E-state index in [0.29, 0.717) is 10.5 Å². The smallest absolute Gasteiger partial charge is 0.280 e. The van der Waals surface area contributed by atoms with E-state index in [-0.39, 0.29) is 5.56 Å². The van der Waals surface area contributed by atoms with Crippen LogP contribution < -0.4 is 10.9 Å². The lowest BCUT2D eigenvalue weighted by Gasteiger charge is -2.23. The van der Waals surface area contributed by atoms with Gasteiger partial charge in [-0.15, -0.1) is 0 Å². The van der Waals surface area contributed by atoms with Crippen molar-refractivity contribution >= 4 is 21.6 Å². The molecule has 0 aromatic carbocycles. The fraction of sp³-hybridized carbons (Fsp3) is 0.600. The Morgan fingerprint density at radius 1 is 1.40 bits per heavy atom. The molecule has 15 heavy (non-hydrogen) atoms. The molecule has 1 aliphatic carbocycles. The molecule has 0 unspecified atom stereocenters. The van der Waals surface area contributed by atoms with E-state index >= 15 is 0 Å². The van der Waals surface area contributed by atoms with E-state index in [4.69, 9.17) is 0 Å². The first-order valence-electron chi connectivity index (χ1n) is 5.27. The van der Waals surface area contributed by atoms with Crippen molar-refractivity contribution in [3.63, 3.8) is 0 Å². The van der Waals surface area contributed by atoms with Crippen LogP contribution in [0.4, 0.5) is 5.69 Å². The summed E-state index contributed by atoms with van der Waals surface area (Å²) in [5.74, 6) is 0. The monoisotopic (exact) mass is 271 g/mol. The third-order valence-corrected chi connectivity index (χ3v) is 3.55. The summed E-state index contributed by atoms with van der Waals surface area (Å²) in [6, 6.07) is 0.485. The molecule has 2 rings (SSSR count). The van der Waals surface area contributed by atoms with Crippen molar-refractivity contribution in [2.75, 3.05) is 5.32 Å². The molecule has 1 aromatic rings. The molecule has 0 amide bonds. The maximum absolute atomic E-state index is 11.3. The molecule has 2 N–H and O–H groups in total. The highest BCUT2D eigenvalue weighted by Gasteiger charge is 2.14. The molecule has 0 saturated heterocycles. The van der Waals surface area contributed by atoms with Gasteiger partial charge in [0, 0.05) is 6.04 Å². The van der Waals surface area contributed by atoms with Crippen LogP contribution in [0.5, 0.6) is 0 Å². The average molecular weight is 272 g/mol. The van der Waals surface area contributed by atoms with E-state index in [1.165, 1.54) is 32.1 Å². The van der Waals surface area contributed by atoms with Crippen LogP contribution in [0.3, 0.4) is 0 Å². The summed E-state index contributed by atoms with van der Waals surface area (Å²) < 4.78 is 0.545. The quantitative estimate of drug-likeness (QED) is 0.868. The predicted octanol–water partition coefficient (Wildman–Crippen LogP) is 2.28. The van der Waals surface area contributed by atoms with Crippen molar-refractivity contribution in [3.8, 4) is 0 Å². The Kier molecular flexibility index (Phi) is 3.41. The number of hydrogen-bond acceptors (Lipinski definition) is 3. The molecule has 1 aromatic heterocycles. The Morgan fingerprint density at radius 2 is 2.13 bits per heavy atom. The van der Waals surface area contributed by atoms with E-state index in [9.17, 15) is 4.79 Å². The van der Waals surface area contributed by atoms with Gasteiger partial charge < -0.3 is 5.32 Å². The van der Waals surface area contributed by atoms with Gasteiger partial charge in [-0.25, -0.2) is 5.10 Å². The number of hydrogen-bond donors (Lipinski definition) is 2. The Labute approximate surface area is 96.6 Å². The lowest BCUT2D eigenvalue weighted by Crippen LogP contribution is -2.24. The van der Waals surface area contributed by atoms with Crippen LogP contribution in [-0.4, -0.2) is 16.2 Å². The molecule has 0 atom stereocenters. The number of rotatable bonds is 2. The van der Waals surface area contributed by atoms with E-state index in [0.717, 1.165) is 5.69 Å². The van der Waals surface area contributed by atoms with Gasteiger partial charge >= 0.3 is 0 Å². The maximum atomic E-state index is 11.3. The Morgan fingerprint density at radius 3 is 2.87 bits per heavy atom. The van der Waals surface area contributed by atoms with E-state index in [1.54, 1.807) is 6.20 Å². The summed E-state index contributed by atoms with van der Waals surface area (Å²) in [4.78, 5) is 11.3. The van der Waals surface area contributed by atoms with Gasteiger partial charge in [0.05, 0.1) is 11.9 Å². The highest BCUT2D eigenvalue weighted by atomic mass is 79.9. The first kappa shape index (κ1) is 10.7. The number of aromatic amines is 1. The van der Waals surface area contributed by atoms with Crippen LogP contribution in [0, 0.1) is 0 Å². The van der Waals surface area contributed by atoms with Crippen LogP contribution in [0.25, 0.3) is 0 Å². The largest absolute Gasteiger partial charge is 0.380 e. The second kappa shape index (κ2) is 4.79. The highest BCUT2D eigenvalue weighted by Crippen LogP contribution is 2.23. The van der Waals surface area contributed by atoms with Gasteiger partial charge in [0.15, 0.2) is 0 Å². The fourth-order valence-corrected chi connectivity index (χ4v) is 2.26. The zero-order chi connectivity index (χ0) is 10.7. The summed E-state index contributed by atoms with van der Waals surface area (Å²) in [6.07, 6.45) is 7.88. The molecule has 1 heterocycles. The summed E-state index contributed by atoms with van der Waals surface area (Å²) in [6.45, 7) is 0. The molecule has 4 nitrogen and oxygen atoms in total. The summed E-state index contributed by atoms with van der Waals surface area (Å²) in [5, 5.41) is 9.53. The zero-order valence-electron chi connectivity index (χ0n) is 8.42. The van der Waals surface area contributed by atoms with Crippen molar-refractivity contribution < 1.29 is 0 Å². The van der Waals surface area contributed by atoms with Crippen LogP contribution >= 0.6 is 15.9 Å². The average Bonchev–Trinajstić information content (AvgIpc) is 2.26. The topological polar surface area (TPSA) is 57.8 Å². The molecule has 1 fully saturated rings. The standard InChI is InChI=1S/C10H14BrN3O/c11-9-8(6-12-14-10(9)15)13-7-4-2-1-3-5-7/h6-7H,1-5H2,(H2,13,14,15). The van der Waals surface area contributed by atoms with Crippen molar-refractivity contribution in [2.24, 2.45) is 0 Å². The summed E-state index contributed by atoms with van der Waals surface area (Å²) in [5.41, 5.74) is 0.612. The van der Waals surface area contributed by atoms with Gasteiger partial charge in [0.2, 0.25) is 0 Å². The second-order valence-electron chi connectivity index (χ2n) is 3.91. The minimum atomic E-state index is -0.184. The van der Waals surface area contributed by atoms with Crippen molar-refractivity contribution in [2.45, 2.75) is 38.1 Å². The highest BCUT2D eigenvalue weighted by molar-refractivity contribution is 9.10. The second-order valence-corrected chi connectivity index (χ2v) is 4.70. The minimum Gasteiger partial charge on any atom is -0.380 e. The summed E-state index contributed by atoms with van der Waals surface area (Å²) in [7, 11) is 0. The Hall–Kier alpha value is -0.840. The number of nitrogens with zero attached hydrogens (tertiary/aromatic N) is 1. The number of halogens is 1. The van der Waals surface area contributed by atoms with Gasteiger partial charge in [0.25, 0.3) is 5.56 Å². The molecule has 0 spiro atoms. The van der Waals surface area contributed by atoms with Gasteiger partial charge in [-0.1, -0.05) is 19.3 Å². The van der Waals surface area contributed by atoms with Crippen LogP contribution in [0.1, 0.15) is 32.1 Å². The van der Waals surface area contributed by atoms with Gasteiger partial charge in [-0.3, -0.25) is 4.79 Å². The van der Waals surface area contributed by atoms with Crippen molar-refractivity contribution in [3.05, 3.63) is 21.0 Å². The van der Waals surface area contributed by atoms with Crippen molar-refractivity contribution in [1.29, 1.82) is 0 Å². The molecular formula is C10H14BrN3O. The third kappa shape index (κ3) is 2.59. The Bertz CT molecular complexity index is 384. The van der Waals surface area contributed by atoms with E-state index < -0.39 is 0 Å². The minimum absolute atomic E-state index is 0.184. The maximum Gasteiger partial charge on any atom is 0.280 e. The molecule has 0 aliphatic heterocycles. The molecule has 82 valence electrons. The molecular weight excluding hydrogens is 258 g/mol. The zero-order valence-corrected chi connectivity index (χ0v) is 10.0. The van der Waals surface area contributed by atoms with Gasteiger partial charge in [-0.2, -0.15) is 5.10 Å². The normalized spacial score (nSPS) is 17.7. The van der Waals surface area contributed by atoms with E-state index in [2.05, 4.69) is 31.4 Å². The number of anilines is 1. The number of H-pyrrole nitrogens is 1. The molecule has 5 heteroatoms. The lowest BCUT2D eigenvalue weighted by molar-refractivity contribution is 0.462. The lowest BCUT2D eigenvalue weighted by atomic mass is 9.95. The van der Waals surface area contributed by atoms with Gasteiger partial charge in [0.1, 0.15) is 4.47 Å². The van der Waals surface area contributed by atoms with Crippen molar-refractivity contribution in [1.82, 2.24) is 10.2 Å². The number of aromatic nitrogens is 2. The van der Waals surface area contributed by atoms with Crippen LogP contribution in [-0.2, 0) is 0 Å². The molecule has 0 bridgehead atoms. The fourth-order valence-electron chi connectivity index (χ4n) is 1.95. The predicted molar refractivity (Wildman–Crippen MR) is 63.1 cm³/mol. The third-order valence-electron chi connectivity index (χ3n) is 2.76. The molecule has 1 aliphatic rings.